The Morgan fingerprint density at radius 3 is 1.16 bits per heavy atom. The van der Waals surface area contributed by atoms with Crippen LogP contribution in [0.15, 0.2) is 59.1 Å². The molecule has 0 bridgehead atoms. The fourth-order valence-corrected chi connectivity index (χ4v) is 7.31. The van der Waals surface area contributed by atoms with Crippen LogP contribution in [0.2, 0.25) is 0 Å². The van der Waals surface area contributed by atoms with E-state index in [4.69, 9.17) is 0 Å². The molecule has 0 saturated heterocycles. The van der Waals surface area contributed by atoms with Crippen molar-refractivity contribution in [2.24, 2.45) is 0 Å². The first-order valence-electron chi connectivity index (χ1n) is 21.4. The molecule has 10 heteroatoms. The molecule has 56 heavy (non-hydrogen) atoms. The maximum absolute atomic E-state index is 3.63. The molecule has 4 rings (SSSR count). The van der Waals surface area contributed by atoms with Crippen LogP contribution in [0, 0.1) is 11.4 Å². The van der Waals surface area contributed by atoms with E-state index in [-0.39, 0.29) is 54.1 Å². The standard InChI is InChI=1S/C16H36N.C13H18BrN.C13H19N.C2H4I.C2H5.Br2.BrH.2V/c1-5-9-13-17(14-10-6-2,15-11-7-3)16-12-8-4;14-11-7-9-13(10-8-11)15-12-5-3-1-2-4-6-12;1-2-5-9-12(8-4-1)14-13-10-6-3-7-11-13;1-2-3;2*1-2;;;/h5-16H2,1-4H3;7-10,12,15H,1-6H2;3,6-7,10-12,14H,1-2,4-5,8-9H2;2H,1H3;1H2,2H3;;1H;;/q+1;;;2*-1;;;;/p-1. The SMILES string of the molecule is BrBr.Brc1ccc(NC2CCCCCC2)cc1.CCCC[N+](CCCC)(CCCC)CCCC.C[CH-]I.[Br-].[CH2-]C.[V].[V].c1ccc(NC2CCCCCC2)cc1. The topological polar surface area (TPSA) is 24.1 Å². The summed E-state index contributed by atoms with van der Waals surface area (Å²) in [5, 5.41) is 7.25. The van der Waals surface area contributed by atoms with E-state index < -0.39 is 0 Å². The molecule has 0 unspecified atom stereocenters. The summed E-state index contributed by atoms with van der Waals surface area (Å²) in [7, 11) is 0. The molecule has 2 N–H and O–H groups in total. The van der Waals surface area contributed by atoms with Crippen LogP contribution in [-0.2, 0) is 37.1 Å². The number of rotatable bonds is 16. The zero-order chi connectivity index (χ0) is 39.8. The van der Waals surface area contributed by atoms with E-state index in [1.165, 1.54) is 170 Å². The Labute approximate surface area is 421 Å². The zero-order valence-corrected chi connectivity index (χ0v) is 47.6. The molecule has 328 valence electrons. The molecule has 0 amide bonds. The third-order valence-electron chi connectivity index (χ3n) is 10.0. The molecule has 0 atom stereocenters. The van der Waals surface area contributed by atoms with Crippen LogP contribution in [-0.4, -0.2) is 42.7 Å². The third-order valence-corrected chi connectivity index (χ3v) is 10.5. The van der Waals surface area contributed by atoms with Gasteiger partial charge >= 0.3 is 0 Å². The van der Waals surface area contributed by atoms with E-state index in [0.29, 0.717) is 12.1 Å². The van der Waals surface area contributed by atoms with Gasteiger partial charge in [-0.25, -0.2) is 0 Å². The van der Waals surface area contributed by atoms with E-state index >= 15 is 0 Å². The zero-order valence-electron chi connectivity index (χ0n) is 36.3. The molecule has 0 aliphatic heterocycles. The molecule has 2 aliphatic carbocycles. The van der Waals surface area contributed by atoms with Crippen LogP contribution in [0.4, 0.5) is 11.4 Å². The Balaban J connectivity index is -0.000000210. The Kier molecular flexibility index (Phi) is 61.1. The number of hydrogen-bond acceptors (Lipinski definition) is 2. The normalized spacial score (nSPS) is 13.8. The quantitative estimate of drug-likeness (QED) is 0.0758. The maximum atomic E-state index is 3.63. The van der Waals surface area contributed by atoms with Crippen molar-refractivity contribution >= 4 is 78.2 Å². The first kappa shape index (κ1) is 66.9. The molecular weight excluding hydrogens is 1140 g/mol. The predicted octanol–water partition coefficient (Wildman–Crippen LogP) is 14.5. The van der Waals surface area contributed by atoms with Gasteiger partial charge in [-0.1, -0.05) is 139 Å². The number of para-hydroxylation sites is 1. The Hall–Kier alpha value is 1.82. The molecule has 2 fully saturated rings. The van der Waals surface area contributed by atoms with Crippen LogP contribution >= 0.6 is 66.8 Å². The van der Waals surface area contributed by atoms with E-state index in [9.17, 15) is 0 Å². The fourth-order valence-electron chi connectivity index (χ4n) is 7.04. The van der Waals surface area contributed by atoms with Gasteiger partial charge < -0.3 is 61.6 Å². The second-order valence-electron chi connectivity index (χ2n) is 14.4. The molecule has 0 aromatic heterocycles. The summed E-state index contributed by atoms with van der Waals surface area (Å²) in [6, 6.07) is 20.5. The van der Waals surface area contributed by atoms with Crippen LogP contribution in [0.25, 0.3) is 0 Å². The predicted molar refractivity (Wildman–Crippen MR) is 263 cm³/mol. The summed E-state index contributed by atoms with van der Waals surface area (Å²) >= 11 is 11.1. The molecule has 0 spiro atoms. The number of nitrogens with one attached hydrogen (secondary N) is 2. The number of quaternary nitrogens is 1. The Bertz CT molecular complexity index is 943. The number of anilines is 2. The van der Waals surface area contributed by atoms with Crippen molar-refractivity contribution in [3.05, 3.63) is 70.4 Å². The number of benzene rings is 2. The van der Waals surface area contributed by atoms with Crippen LogP contribution in [0.5, 0.6) is 0 Å². The molecule has 2 aromatic rings. The first-order chi connectivity index (χ1) is 25.9. The van der Waals surface area contributed by atoms with Gasteiger partial charge in [0.2, 0.25) is 0 Å². The summed E-state index contributed by atoms with van der Waals surface area (Å²) in [6.45, 7) is 22.0. The second-order valence-corrected chi connectivity index (χ2v) is 16.6. The minimum atomic E-state index is 0. The Morgan fingerprint density at radius 2 is 0.875 bits per heavy atom. The molecule has 2 aliphatic rings. The summed E-state index contributed by atoms with van der Waals surface area (Å²) in [5.41, 5.74) is 2.53. The summed E-state index contributed by atoms with van der Waals surface area (Å²) in [4.78, 5) is 0. The van der Waals surface area contributed by atoms with Crippen molar-refractivity contribution in [3.63, 3.8) is 0 Å². The van der Waals surface area contributed by atoms with Gasteiger partial charge in [-0.15, -0.1) is 0 Å². The van der Waals surface area contributed by atoms with Gasteiger partial charge in [0.25, 0.3) is 0 Å². The second kappa shape index (κ2) is 51.2. The largest absolute Gasteiger partial charge is 1.00 e. The van der Waals surface area contributed by atoms with E-state index in [1.54, 1.807) is 6.92 Å². The fraction of sp³-hybridized carbons (Fsp3) is 0.696. The van der Waals surface area contributed by atoms with Gasteiger partial charge in [0.15, 0.2) is 0 Å². The average molecular weight is 1230 g/mol. The Morgan fingerprint density at radius 1 is 0.589 bits per heavy atom. The van der Waals surface area contributed by atoms with Gasteiger partial charge in [0.05, 0.1) is 26.2 Å². The smallest absolute Gasteiger partial charge is 0.0786 e. The molecule has 2 saturated carbocycles. The minimum absolute atomic E-state index is 0. The maximum Gasteiger partial charge on any atom is 0.0786 e. The van der Waals surface area contributed by atoms with Gasteiger partial charge in [0, 0.05) is 93.3 Å². The van der Waals surface area contributed by atoms with E-state index in [2.05, 4.69) is 167 Å². The molecule has 3 nitrogen and oxygen atoms in total. The number of hydrogen-bond donors (Lipinski definition) is 2. The van der Waals surface area contributed by atoms with Gasteiger partial charge in [-0.2, -0.15) is 13.8 Å². The van der Waals surface area contributed by atoms with Crippen molar-refractivity contribution in [1.82, 2.24) is 0 Å². The van der Waals surface area contributed by atoms with Crippen LogP contribution in [0.3, 0.4) is 0 Å². The molecule has 2 aromatic carbocycles. The third kappa shape index (κ3) is 38.7. The van der Waals surface area contributed by atoms with Gasteiger partial charge in [0.1, 0.15) is 0 Å². The number of halogens is 5. The molecular formula is C46H82Br4IN3V2-2. The van der Waals surface area contributed by atoms with E-state index in [0.717, 1.165) is 4.47 Å². The molecule has 0 heterocycles. The van der Waals surface area contributed by atoms with E-state index in [1.807, 2.05) is 11.4 Å². The van der Waals surface area contributed by atoms with Gasteiger partial charge in [-0.05, 0) is 87.8 Å². The monoisotopic (exact) mass is 1220 g/mol. The number of nitrogens with zero attached hydrogens (tertiary/aromatic N) is 1. The van der Waals surface area contributed by atoms with Crippen molar-refractivity contribution in [1.29, 1.82) is 0 Å². The molecule has 2 radical (unpaired) electrons. The average Bonchev–Trinajstić information content (AvgIpc) is 3.63. The van der Waals surface area contributed by atoms with Crippen LogP contribution < -0.4 is 27.6 Å². The summed E-state index contributed by atoms with van der Waals surface area (Å²) in [5.74, 6) is 0. The number of unbranched alkanes of at least 4 members (excludes halogenated alkanes) is 4. The van der Waals surface area contributed by atoms with Crippen molar-refractivity contribution in [2.75, 3.05) is 36.8 Å². The first-order valence-corrected chi connectivity index (χ1v) is 27.1. The van der Waals surface area contributed by atoms with Crippen molar-refractivity contribution < 1.29 is 58.6 Å². The van der Waals surface area contributed by atoms with Crippen molar-refractivity contribution in [2.45, 2.75) is 182 Å². The van der Waals surface area contributed by atoms with Crippen molar-refractivity contribution in [3.8, 4) is 0 Å². The van der Waals surface area contributed by atoms with Crippen LogP contribution in [0.1, 0.15) is 170 Å². The minimum Gasteiger partial charge on any atom is -1.00 e. The summed E-state index contributed by atoms with van der Waals surface area (Å²) in [6.07, 6.45) is 27.6. The summed E-state index contributed by atoms with van der Waals surface area (Å²) < 4.78 is 4.54. The van der Waals surface area contributed by atoms with Gasteiger partial charge in [-0.3, -0.25) is 4.43 Å².